The molecule has 0 saturated carbocycles. The lowest BCUT2D eigenvalue weighted by molar-refractivity contribution is 0.00578. The Balaban J connectivity index is 2.46. The first-order chi connectivity index (χ1) is 11.2. The summed E-state index contributed by atoms with van der Waals surface area (Å²) in [6.45, 7) is 13.2. The highest BCUT2D eigenvalue weighted by Crippen LogP contribution is 2.37. The molecular weight excluding hydrogens is 341 g/mol. The van der Waals surface area contributed by atoms with E-state index in [1.165, 1.54) is 13.2 Å². The largest absolute Gasteiger partial charge is 0.498 e. The molecule has 0 spiro atoms. The standard InChI is InChI=1S/C17H28BNO5S/c1-15(2,3)19-25(20,21)12-9-10-14(22-8)13(11-12)18-23-16(4,5)17(6,7)24-18/h9-11,19H,1-8H3. The van der Waals surface area contributed by atoms with Gasteiger partial charge in [0.25, 0.3) is 0 Å². The van der Waals surface area contributed by atoms with Gasteiger partial charge in [0.15, 0.2) is 0 Å². The van der Waals surface area contributed by atoms with Crippen LogP contribution in [0.4, 0.5) is 0 Å². The van der Waals surface area contributed by atoms with E-state index in [4.69, 9.17) is 14.0 Å². The minimum Gasteiger partial charge on any atom is -0.497 e. The molecular formula is C17H28BNO5S. The monoisotopic (exact) mass is 369 g/mol. The molecule has 1 heterocycles. The van der Waals surface area contributed by atoms with Crippen LogP contribution >= 0.6 is 0 Å². The zero-order valence-electron chi connectivity index (χ0n) is 16.3. The Bertz CT molecular complexity index is 737. The number of sulfonamides is 1. The molecule has 2 rings (SSSR count). The summed E-state index contributed by atoms with van der Waals surface area (Å²) in [6, 6.07) is 4.69. The van der Waals surface area contributed by atoms with E-state index in [1.54, 1.807) is 32.9 Å². The van der Waals surface area contributed by atoms with Gasteiger partial charge in [0.05, 0.1) is 23.2 Å². The molecule has 0 unspecified atom stereocenters. The van der Waals surface area contributed by atoms with Crippen LogP contribution < -0.4 is 14.9 Å². The predicted octanol–water partition coefficient (Wildman–Crippen LogP) is 2.07. The smallest absolute Gasteiger partial charge is 0.497 e. The van der Waals surface area contributed by atoms with Crippen LogP contribution in [0.5, 0.6) is 5.75 Å². The van der Waals surface area contributed by atoms with Crippen molar-refractivity contribution in [3.8, 4) is 5.75 Å². The van der Waals surface area contributed by atoms with Gasteiger partial charge in [0.2, 0.25) is 10.0 Å². The molecule has 0 aliphatic carbocycles. The average molecular weight is 369 g/mol. The molecule has 140 valence electrons. The van der Waals surface area contributed by atoms with Gasteiger partial charge in [-0.1, -0.05) is 0 Å². The van der Waals surface area contributed by atoms with E-state index in [0.717, 1.165) is 0 Å². The molecule has 1 aliphatic rings. The van der Waals surface area contributed by atoms with Crippen LogP contribution in [0.2, 0.25) is 0 Å². The highest BCUT2D eigenvalue weighted by molar-refractivity contribution is 7.89. The van der Waals surface area contributed by atoms with Crippen molar-refractivity contribution in [2.24, 2.45) is 0 Å². The van der Waals surface area contributed by atoms with Gasteiger partial charge in [-0.25, -0.2) is 13.1 Å². The first-order valence-electron chi connectivity index (χ1n) is 8.26. The third kappa shape index (κ3) is 4.19. The fourth-order valence-electron chi connectivity index (χ4n) is 2.50. The summed E-state index contributed by atoms with van der Waals surface area (Å²) in [5, 5.41) is 0. The van der Waals surface area contributed by atoms with Crippen LogP contribution in [0.3, 0.4) is 0 Å². The maximum Gasteiger partial charge on any atom is 0.498 e. The van der Waals surface area contributed by atoms with Crippen LogP contribution in [-0.4, -0.2) is 39.4 Å². The highest BCUT2D eigenvalue weighted by atomic mass is 32.2. The number of ether oxygens (including phenoxy) is 1. The summed E-state index contributed by atoms with van der Waals surface area (Å²) in [6.07, 6.45) is 0. The van der Waals surface area contributed by atoms with Crippen molar-refractivity contribution in [2.45, 2.75) is 70.1 Å². The zero-order chi connectivity index (χ0) is 19.3. The Labute approximate surface area is 151 Å². The lowest BCUT2D eigenvalue weighted by Crippen LogP contribution is -2.41. The molecule has 0 aromatic heterocycles. The van der Waals surface area contributed by atoms with E-state index in [-0.39, 0.29) is 4.90 Å². The Morgan fingerprint density at radius 1 is 1.08 bits per heavy atom. The van der Waals surface area contributed by atoms with Gasteiger partial charge in [-0.15, -0.1) is 0 Å². The number of hydrogen-bond donors (Lipinski definition) is 1. The third-order valence-electron chi connectivity index (χ3n) is 4.46. The number of nitrogens with one attached hydrogen (secondary N) is 1. The molecule has 1 fully saturated rings. The first kappa shape index (κ1) is 20.2. The minimum atomic E-state index is -3.67. The maximum absolute atomic E-state index is 12.6. The summed E-state index contributed by atoms with van der Waals surface area (Å²) in [5.74, 6) is 0.521. The molecule has 0 radical (unpaired) electrons. The number of rotatable bonds is 4. The Kier molecular flexibility index (Phi) is 5.07. The number of benzene rings is 1. The minimum absolute atomic E-state index is 0.146. The lowest BCUT2D eigenvalue weighted by Gasteiger charge is -2.32. The van der Waals surface area contributed by atoms with Crippen molar-refractivity contribution < 1.29 is 22.5 Å². The summed E-state index contributed by atoms with van der Waals surface area (Å²) >= 11 is 0. The molecule has 0 amide bonds. The summed E-state index contributed by atoms with van der Waals surface area (Å²) in [4.78, 5) is 0.146. The summed E-state index contributed by atoms with van der Waals surface area (Å²) in [7, 11) is -2.84. The van der Waals surface area contributed by atoms with E-state index >= 15 is 0 Å². The maximum atomic E-state index is 12.6. The Morgan fingerprint density at radius 2 is 1.60 bits per heavy atom. The molecule has 1 saturated heterocycles. The van der Waals surface area contributed by atoms with Crippen LogP contribution in [0.1, 0.15) is 48.5 Å². The number of hydrogen-bond acceptors (Lipinski definition) is 5. The van der Waals surface area contributed by atoms with Crippen molar-refractivity contribution in [2.75, 3.05) is 7.11 Å². The van der Waals surface area contributed by atoms with Crippen LogP contribution in [0.25, 0.3) is 0 Å². The second kappa shape index (κ2) is 6.26. The second-order valence-electron chi connectivity index (χ2n) is 8.35. The first-order valence-corrected chi connectivity index (χ1v) is 9.74. The van der Waals surface area contributed by atoms with E-state index < -0.39 is 33.9 Å². The van der Waals surface area contributed by atoms with E-state index in [0.29, 0.717) is 11.2 Å². The van der Waals surface area contributed by atoms with Crippen molar-refractivity contribution in [3.63, 3.8) is 0 Å². The van der Waals surface area contributed by atoms with E-state index in [9.17, 15) is 8.42 Å². The van der Waals surface area contributed by atoms with Crippen molar-refractivity contribution in [1.29, 1.82) is 0 Å². The normalized spacial score (nSPS) is 19.9. The average Bonchev–Trinajstić information content (AvgIpc) is 2.64. The Hall–Kier alpha value is -1.09. The molecule has 6 nitrogen and oxygen atoms in total. The van der Waals surface area contributed by atoms with Gasteiger partial charge in [-0.3, -0.25) is 0 Å². The predicted molar refractivity (Wildman–Crippen MR) is 98.8 cm³/mol. The SMILES string of the molecule is COc1ccc(S(=O)(=O)NC(C)(C)C)cc1B1OC(C)(C)C(C)(C)O1. The van der Waals surface area contributed by atoms with Gasteiger partial charge in [-0.05, 0) is 66.7 Å². The molecule has 1 aromatic rings. The van der Waals surface area contributed by atoms with Crippen LogP contribution in [-0.2, 0) is 19.3 Å². The molecule has 8 heteroatoms. The molecule has 1 N–H and O–H groups in total. The van der Waals surface area contributed by atoms with Crippen molar-refractivity contribution >= 4 is 22.6 Å². The molecule has 1 aromatic carbocycles. The lowest BCUT2D eigenvalue weighted by atomic mass is 9.78. The zero-order valence-corrected chi connectivity index (χ0v) is 17.1. The topological polar surface area (TPSA) is 73.9 Å². The molecule has 25 heavy (non-hydrogen) atoms. The molecule has 1 aliphatic heterocycles. The van der Waals surface area contributed by atoms with E-state index in [2.05, 4.69) is 4.72 Å². The van der Waals surface area contributed by atoms with Crippen LogP contribution in [0.15, 0.2) is 23.1 Å². The second-order valence-corrected chi connectivity index (χ2v) is 10.0. The fraction of sp³-hybridized carbons (Fsp3) is 0.647. The molecule has 0 atom stereocenters. The highest BCUT2D eigenvalue weighted by Gasteiger charge is 2.52. The Morgan fingerprint density at radius 3 is 2.04 bits per heavy atom. The quantitative estimate of drug-likeness (QED) is 0.823. The van der Waals surface area contributed by atoms with E-state index in [1.807, 2.05) is 27.7 Å². The summed E-state index contributed by atoms with van der Waals surface area (Å²) in [5.41, 5.74) is -1.08. The van der Waals surface area contributed by atoms with Gasteiger partial charge >= 0.3 is 7.12 Å². The van der Waals surface area contributed by atoms with Gasteiger partial charge in [-0.2, -0.15) is 0 Å². The van der Waals surface area contributed by atoms with Gasteiger partial charge in [0, 0.05) is 11.0 Å². The fourth-order valence-corrected chi connectivity index (χ4v) is 3.95. The van der Waals surface area contributed by atoms with Gasteiger partial charge < -0.3 is 14.0 Å². The third-order valence-corrected chi connectivity index (χ3v) is 6.21. The summed E-state index contributed by atoms with van der Waals surface area (Å²) < 4.78 is 45.4. The van der Waals surface area contributed by atoms with Crippen LogP contribution in [0, 0.1) is 0 Å². The van der Waals surface area contributed by atoms with Gasteiger partial charge in [0.1, 0.15) is 5.75 Å². The number of methoxy groups -OCH3 is 1. The van der Waals surface area contributed by atoms with Crippen molar-refractivity contribution in [3.05, 3.63) is 18.2 Å². The molecule has 0 bridgehead atoms. The van der Waals surface area contributed by atoms with Crippen molar-refractivity contribution in [1.82, 2.24) is 4.72 Å².